The van der Waals surface area contributed by atoms with E-state index in [1.165, 1.54) is 16.8 Å². The van der Waals surface area contributed by atoms with Crippen molar-refractivity contribution in [3.05, 3.63) is 40.3 Å². The summed E-state index contributed by atoms with van der Waals surface area (Å²) >= 11 is 0. The molecule has 0 N–H and O–H groups in total. The zero-order valence-corrected chi connectivity index (χ0v) is 6.95. The summed E-state index contributed by atoms with van der Waals surface area (Å²) in [5, 5.41) is 10.6. The molecule has 0 amide bonds. The number of rotatable bonds is 2. The molecule has 14 heavy (non-hydrogen) atoms. The molecule has 0 fully saturated rings. The third-order valence-corrected chi connectivity index (χ3v) is 1.87. The molecule has 0 atom stereocenters. The van der Waals surface area contributed by atoms with Crippen LogP contribution >= 0.6 is 0 Å². The average Bonchev–Trinajstić information content (AvgIpc) is 2.60. The number of aromatic nitrogens is 2. The van der Waals surface area contributed by atoms with E-state index in [1.54, 1.807) is 12.3 Å². The van der Waals surface area contributed by atoms with Gasteiger partial charge in [-0.3, -0.25) is 9.20 Å². The number of imidazole rings is 1. The van der Waals surface area contributed by atoms with E-state index in [1.807, 2.05) is 0 Å². The van der Waals surface area contributed by atoms with E-state index < -0.39 is 4.92 Å². The van der Waals surface area contributed by atoms with Gasteiger partial charge in [-0.1, -0.05) is 0 Å². The van der Waals surface area contributed by atoms with Crippen LogP contribution in [0.25, 0.3) is 5.52 Å². The molecule has 6 nitrogen and oxygen atoms in total. The van der Waals surface area contributed by atoms with Crippen molar-refractivity contribution in [1.82, 2.24) is 9.38 Å². The van der Waals surface area contributed by atoms with Crippen molar-refractivity contribution in [2.75, 3.05) is 0 Å². The van der Waals surface area contributed by atoms with Gasteiger partial charge in [-0.2, -0.15) is 0 Å². The topological polar surface area (TPSA) is 77.5 Å². The third kappa shape index (κ3) is 1.05. The zero-order chi connectivity index (χ0) is 10.1. The van der Waals surface area contributed by atoms with Gasteiger partial charge < -0.3 is 10.1 Å². The van der Waals surface area contributed by atoms with Crippen LogP contribution in [0.1, 0.15) is 10.4 Å². The Bertz CT molecular complexity index is 518. The first-order valence-corrected chi connectivity index (χ1v) is 3.79. The lowest BCUT2D eigenvalue weighted by molar-refractivity contribution is -0.387. The number of carbonyl (C=O) groups excluding carboxylic acids is 1. The molecule has 2 aromatic heterocycles. The molecule has 0 saturated heterocycles. The Labute approximate surface area is 77.9 Å². The van der Waals surface area contributed by atoms with Crippen molar-refractivity contribution in [3.8, 4) is 0 Å². The summed E-state index contributed by atoms with van der Waals surface area (Å²) in [4.78, 5) is 24.2. The van der Waals surface area contributed by atoms with Gasteiger partial charge in [0.25, 0.3) is 0 Å². The van der Waals surface area contributed by atoms with Crippen molar-refractivity contribution in [3.63, 3.8) is 0 Å². The summed E-state index contributed by atoms with van der Waals surface area (Å²) in [5.74, 6) is -0.298. The monoisotopic (exact) mass is 191 g/mol. The van der Waals surface area contributed by atoms with Crippen LogP contribution in [0.3, 0.4) is 0 Å². The highest BCUT2D eigenvalue weighted by Gasteiger charge is 2.18. The standard InChI is InChI=1S/C8H5N3O3/c12-4-6-2-1-3-10-5-9-8(7(6)10)11(13)14/h1-5H. The number of nitrogens with zero attached hydrogens (tertiary/aromatic N) is 3. The molecule has 0 aliphatic carbocycles. The van der Waals surface area contributed by atoms with Crippen molar-refractivity contribution in [1.29, 1.82) is 0 Å². The van der Waals surface area contributed by atoms with Crippen LogP contribution in [0.15, 0.2) is 24.7 Å². The second kappa shape index (κ2) is 2.91. The Balaban J connectivity index is 2.87. The van der Waals surface area contributed by atoms with Crippen LogP contribution in [-0.2, 0) is 0 Å². The highest BCUT2D eigenvalue weighted by Crippen LogP contribution is 2.19. The Morgan fingerprint density at radius 3 is 3.00 bits per heavy atom. The van der Waals surface area contributed by atoms with Gasteiger partial charge in [-0.05, 0) is 22.0 Å². The Kier molecular flexibility index (Phi) is 1.74. The minimum absolute atomic E-state index is 0.229. The fraction of sp³-hybridized carbons (Fsp3) is 0. The number of aldehydes is 1. The SMILES string of the molecule is O=Cc1cccn2cnc([N+](=O)[O-])c12. The molecular formula is C8H5N3O3. The molecule has 6 heteroatoms. The zero-order valence-electron chi connectivity index (χ0n) is 6.95. The van der Waals surface area contributed by atoms with Crippen LogP contribution in [0.4, 0.5) is 5.82 Å². The van der Waals surface area contributed by atoms with Crippen molar-refractivity contribution >= 4 is 17.6 Å². The predicted molar refractivity (Wildman–Crippen MR) is 47.2 cm³/mol. The van der Waals surface area contributed by atoms with Crippen LogP contribution in [0.5, 0.6) is 0 Å². The van der Waals surface area contributed by atoms with E-state index >= 15 is 0 Å². The average molecular weight is 191 g/mol. The minimum Gasteiger partial charge on any atom is -0.358 e. The number of fused-ring (bicyclic) bond motifs is 1. The maximum Gasteiger partial charge on any atom is 0.390 e. The van der Waals surface area contributed by atoms with Crippen molar-refractivity contribution in [2.45, 2.75) is 0 Å². The van der Waals surface area contributed by atoms with E-state index in [2.05, 4.69) is 4.98 Å². The molecule has 0 radical (unpaired) electrons. The number of nitro groups is 1. The molecule has 70 valence electrons. The van der Waals surface area contributed by atoms with E-state index in [0.717, 1.165) is 0 Å². The van der Waals surface area contributed by atoms with Crippen molar-refractivity contribution in [2.24, 2.45) is 0 Å². The summed E-state index contributed by atoms with van der Waals surface area (Å²) < 4.78 is 1.45. The Morgan fingerprint density at radius 2 is 2.36 bits per heavy atom. The first-order chi connectivity index (χ1) is 6.74. The first kappa shape index (κ1) is 8.36. The quantitative estimate of drug-likeness (QED) is 0.404. The maximum absolute atomic E-state index is 10.6. The third-order valence-electron chi connectivity index (χ3n) is 1.87. The van der Waals surface area contributed by atoms with Gasteiger partial charge in [0.1, 0.15) is 0 Å². The van der Waals surface area contributed by atoms with E-state index in [0.29, 0.717) is 6.29 Å². The normalized spacial score (nSPS) is 10.3. The lowest BCUT2D eigenvalue weighted by Crippen LogP contribution is -1.93. The van der Waals surface area contributed by atoms with Crippen LogP contribution in [0, 0.1) is 10.1 Å². The summed E-state index contributed by atoms with van der Waals surface area (Å²) in [6.45, 7) is 0. The molecular weight excluding hydrogens is 186 g/mol. The van der Waals surface area contributed by atoms with Gasteiger partial charge in [-0.15, -0.1) is 0 Å². The molecule has 2 heterocycles. The maximum atomic E-state index is 10.6. The number of pyridine rings is 1. The molecule has 0 aromatic carbocycles. The number of carbonyl (C=O) groups is 1. The molecule has 0 aliphatic rings. The van der Waals surface area contributed by atoms with Crippen molar-refractivity contribution < 1.29 is 9.72 Å². The van der Waals surface area contributed by atoms with Crippen LogP contribution in [0.2, 0.25) is 0 Å². The molecule has 0 aliphatic heterocycles. The largest absolute Gasteiger partial charge is 0.390 e. The molecule has 0 spiro atoms. The van der Waals surface area contributed by atoms with E-state index in [4.69, 9.17) is 0 Å². The van der Waals surface area contributed by atoms with Crippen LogP contribution in [-0.4, -0.2) is 20.6 Å². The van der Waals surface area contributed by atoms with Crippen LogP contribution < -0.4 is 0 Å². The fourth-order valence-electron chi connectivity index (χ4n) is 1.29. The molecule has 0 bridgehead atoms. The smallest absolute Gasteiger partial charge is 0.358 e. The highest BCUT2D eigenvalue weighted by molar-refractivity contribution is 5.89. The number of hydrogen-bond acceptors (Lipinski definition) is 4. The predicted octanol–water partition coefficient (Wildman–Crippen LogP) is 1.05. The molecule has 0 unspecified atom stereocenters. The van der Waals surface area contributed by atoms with Gasteiger partial charge in [0, 0.05) is 11.8 Å². The summed E-state index contributed by atoms with van der Waals surface area (Å²) in [5.41, 5.74) is 0.490. The van der Waals surface area contributed by atoms with Gasteiger partial charge in [0.2, 0.25) is 6.33 Å². The summed E-state index contributed by atoms with van der Waals surface area (Å²) in [6.07, 6.45) is 3.48. The Hall–Kier alpha value is -2.24. The first-order valence-electron chi connectivity index (χ1n) is 3.79. The fourth-order valence-corrected chi connectivity index (χ4v) is 1.29. The van der Waals surface area contributed by atoms with E-state index in [-0.39, 0.29) is 16.9 Å². The summed E-state index contributed by atoms with van der Waals surface area (Å²) in [6, 6.07) is 3.14. The number of hydrogen-bond donors (Lipinski definition) is 0. The van der Waals surface area contributed by atoms with Gasteiger partial charge in [-0.25, -0.2) is 0 Å². The molecule has 2 aromatic rings. The summed E-state index contributed by atoms with van der Waals surface area (Å²) in [7, 11) is 0. The second-order valence-electron chi connectivity index (χ2n) is 2.66. The highest BCUT2D eigenvalue weighted by atomic mass is 16.6. The minimum atomic E-state index is -0.609. The second-order valence-corrected chi connectivity index (χ2v) is 2.66. The van der Waals surface area contributed by atoms with Gasteiger partial charge in [0.05, 0.1) is 0 Å². The molecule has 0 saturated carbocycles. The van der Waals surface area contributed by atoms with Gasteiger partial charge >= 0.3 is 5.82 Å². The lowest BCUT2D eigenvalue weighted by Gasteiger charge is -1.95. The Morgan fingerprint density at radius 1 is 1.57 bits per heavy atom. The molecule has 2 rings (SSSR count). The van der Waals surface area contributed by atoms with Gasteiger partial charge in [0.15, 0.2) is 11.8 Å². The van der Waals surface area contributed by atoms with E-state index in [9.17, 15) is 14.9 Å². The lowest BCUT2D eigenvalue weighted by atomic mass is 10.2.